The number of rotatable bonds is 40. The van der Waals surface area contributed by atoms with Crippen molar-refractivity contribution in [3.05, 3.63) is 144 Å². The van der Waals surface area contributed by atoms with Crippen LogP contribution in [-0.4, -0.2) is 85.7 Å². The molecule has 0 saturated carbocycles. The van der Waals surface area contributed by atoms with E-state index in [4.69, 9.17) is 29.0 Å². The van der Waals surface area contributed by atoms with Crippen LogP contribution in [0.25, 0.3) is 0 Å². The standard InChI is InChI=1S/C54H81N3O15P2/c1-3-5-7-9-11-13-15-17-19-21-22-24-25-27-29-31-33-35-37-39-49(58)67-43-46(70-50(59)40-38-36-34-32-30-28-26-23-20-18-16-14-12-10-8-6-4-2)44-68-73(63,64)72-74(65,66)69-45-47-51(60)52(61)53(71-47)57-42-41-48(55)56-54(57)62/h5,7,11-14,17-20,22,24,26-29,32-35,41-42,46-47,51-53,60-61H,3-4,6,8-10,15-16,21,23,25,30-31,36-40,43-45H2,1-2H3,(H,63,64)(H,65,66)(H2,55,56,62)/b7-5-,13-11-,14-12-,19-17-,20-18-,24-22-,28-26-,29-27-,34-32-,35-33-/t46-,47-,51+,52?,53-/m1/s1. The van der Waals surface area contributed by atoms with Crippen molar-refractivity contribution >= 4 is 33.4 Å². The lowest BCUT2D eigenvalue weighted by atomic mass is 10.1. The second-order valence-corrected chi connectivity index (χ2v) is 20.0. The number of hydrogen-bond donors (Lipinski definition) is 5. The Morgan fingerprint density at radius 3 is 1.66 bits per heavy atom. The van der Waals surface area contributed by atoms with Crippen molar-refractivity contribution in [2.45, 2.75) is 160 Å². The number of ether oxygens (including phenoxy) is 3. The van der Waals surface area contributed by atoms with Crippen LogP contribution in [-0.2, 0) is 46.3 Å². The van der Waals surface area contributed by atoms with Crippen molar-refractivity contribution in [3.8, 4) is 0 Å². The molecule has 1 aromatic rings. The van der Waals surface area contributed by atoms with Crippen molar-refractivity contribution < 1.29 is 66.3 Å². The fourth-order valence-electron chi connectivity index (χ4n) is 6.62. The lowest BCUT2D eigenvalue weighted by Gasteiger charge is -2.21. The number of nitrogen functional groups attached to an aromatic ring is 1. The quantitative estimate of drug-likeness (QED) is 0.0177. The summed E-state index contributed by atoms with van der Waals surface area (Å²) in [5.41, 5.74) is 4.58. The van der Waals surface area contributed by atoms with E-state index in [1.807, 2.05) is 30.4 Å². The largest absolute Gasteiger partial charge is 0.481 e. The van der Waals surface area contributed by atoms with Crippen LogP contribution in [0.2, 0.25) is 0 Å². The fraction of sp³-hybridized carbons (Fsp3) is 0.519. The number of aromatic nitrogens is 2. The summed E-state index contributed by atoms with van der Waals surface area (Å²) >= 11 is 0. The van der Waals surface area contributed by atoms with E-state index in [9.17, 15) is 43.5 Å². The molecule has 6 N–H and O–H groups in total. The Hall–Kier alpha value is -4.84. The number of phosphoric acid groups is 2. The molecule has 2 heterocycles. The number of allylic oxidation sites excluding steroid dienone is 20. The first-order valence-corrected chi connectivity index (χ1v) is 28.5. The van der Waals surface area contributed by atoms with Gasteiger partial charge in [0, 0.05) is 19.0 Å². The molecule has 1 saturated heterocycles. The van der Waals surface area contributed by atoms with Gasteiger partial charge >= 0.3 is 33.3 Å². The van der Waals surface area contributed by atoms with Crippen LogP contribution in [0.15, 0.2) is 139 Å². The average Bonchev–Trinajstić information content (AvgIpc) is 3.64. The number of phosphoric ester groups is 2. The van der Waals surface area contributed by atoms with Gasteiger partial charge in [0.2, 0.25) is 0 Å². The molecular formula is C54H81N3O15P2. The summed E-state index contributed by atoms with van der Waals surface area (Å²) in [4.78, 5) is 61.9. The number of esters is 2. The summed E-state index contributed by atoms with van der Waals surface area (Å²) in [6.07, 6.45) is 48.7. The van der Waals surface area contributed by atoms with Gasteiger partial charge in [0.1, 0.15) is 30.7 Å². The summed E-state index contributed by atoms with van der Waals surface area (Å²) in [5.74, 6) is -1.48. The van der Waals surface area contributed by atoms with Gasteiger partial charge in [-0.05, 0) is 96.0 Å². The zero-order valence-corrected chi connectivity index (χ0v) is 44.9. The molecule has 1 aromatic heterocycles. The smallest absolute Gasteiger partial charge is 0.462 e. The Morgan fingerprint density at radius 2 is 1.15 bits per heavy atom. The summed E-state index contributed by atoms with van der Waals surface area (Å²) in [7, 11) is -10.9. The molecule has 0 aliphatic carbocycles. The first-order chi connectivity index (χ1) is 35.7. The number of carbonyl (C=O) groups excluding carboxylic acids is 2. The predicted octanol–water partition coefficient (Wildman–Crippen LogP) is 10.8. The van der Waals surface area contributed by atoms with Gasteiger partial charge in [-0.2, -0.15) is 9.29 Å². The molecule has 18 nitrogen and oxygen atoms in total. The highest BCUT2D eigenvalue weighted by Crippen LogP contribution is 2.60. The third-order valence-corrected chi connectivity index (χ3v) is 13.1. The molecule has 1 fully saturated rings. The first-order valence-electron chi connectivity index (χ1n) is 25.5. The van der Waals surface area contributed by atoms with Gasteiger partial charge in [0.15, 0.2) is 12.3 Å². The van der Waals surface area contributed by atoms with E-state index in [-0.39, 0.29) is 18.7 Å². The van der Waals surface area contributed by atoms with Crippen LogP contribution in [0.3, 0.4) is 0 Å². The molecule has 0 aromatic carbocycles. The summed E-state index contributed by atoms with van der Waals surface area (Å²) < 4.78 is 56.6. The second kappa shape index (κ2) is 40.5. The topological polar surface area (TPSA) is 265 Å². The fourth-order valence-corrected chi connectivity index (χ4v) is 8.73. The van der Waals surface area contributed by atoms with Crippen LogP contribution in [0, 0.1) is 0 Å². The zero-order valence-electron chi connectivity index (χ0n) is 43.1. The van der Waals surface area contributed by atoms with Crippen LogP contribution < -0.4 is 11.4 Å². The molecule has 0 bridgehead atoms. The molecule has 74 heavy (non-hydrogen) atoms. The number of aliphatic hydroxyl groups is 2. The van der Waals surface area contributed by atoms with Crippen molar-refractivity contribution in [2.75, 3.05) is 25.6 Å². The zero-order chi connectivity index (χ0) is 54.1. The third-order valence-electron chi connectivity index (χ3n) is 10.5. The molecule has 7 atom stereocenters. The van der Waals surface area contributed by atoms with Gasteiger partial charge < -0.3 is 39.9 Å². The molecule has 0 radical (unpaired) electrons. The van der Waals surface area contributed by atoms with Gasteiger partial charge in [-0.25, -0.2) is 13.9 Å². The summed E-state index contributed by atoms with van der Waals surface area (Å²) in [5, 5.41) is 20.9. The van der Waals surface area contributed by atoms with E-state index in [0.29, 0.717) is 25.7 Å². The second-order valence-electron chi connectivity index (χ2n) is 16.9. The number of carbonyl (C=O) groups is 2. The maximum atomic E-state index is 12.9. The number of nitrogens with two attached hydrogens (primary N) is 1. The first kappa shape index (κ1) is 65.3. The third kappa shape index (κ3) is 32.5. The minimum Gasteiger partial charge on any atom is -0.462 e. The van der Waals surface area contributed by atoms with E-state index in [1.54, 1.807) is 0 Å². The minimum atomic E-state index is -5.46. The molecule has 0 amide bonds. The molecule has 1 aliphatic rings. The highest BCUT2D eigenvalue weighted by Gasteiger charge is 2.46. The lowest BCUT2D eigenvalue weighted by molar-refractivity contribution is -0.161. The number of anilines is 1. The molecule has 20 heteroatoms. The molecule has 412 valence electrons. The van der Waals surface area contributed by atoms with E-state index < -0.39 is 83.7 Å². The average molecular weight is 1070 g/mol. The number of unbranched alkanes of at least 4 members (excludes halogenated alkanes) is 4. The Labute approximate surface area is 437 Å². The monoisotopic (exact) mass is 1070 g/mol. The van der Waals surface area contributed by atoms with Crippen molar-refractivity contribution in [3.63, 3.8) is 0 Å². The Bertz CT molecular complexity index is 2210. The molecule has 3 unspecified atom stereocenters. The molecular weight excluding hydrogens is 993 g/mol. The number of aliphatic hydroxyl groups excluding tert-OH is 2. The van der Waals surface area contributed by atoms with Crippen molar-refractivity contribution in [1.82, 2.24) is 9.55 Å². The highest BCUT2D eigenvalue weighted by atomic mass is 31.3. The number of nitrogens with zero attached hydrogens (tertiary/aromatic N) is 2. The normalized spacial score (nSPS) is 19.9. The number of hydrogen-bond acceptors (Lipinski definition) is 15. The van der Waals surface area contributed by atoms with Crippen LogP contribution in [0.1, 0.15) is 136 Å². The maximum Gasteiger partial charge on any atom is 0.481 e. The van der Waals surface area contributed by atoms with Gasteiger partial charge in [0.05, 0.1) is 13.2 Å². The lowest BCUT2D eigenvalue weighted by Crippen LogP contribution is -2.36. The minimum absolute atomic E-state index is 0.0177. The van der Waals surface area contributed by atoms with E-state index in [1.165, 1.54) is 25.3 Å². The van der Waals surface area contributed by atoms with Crippen LogP contribution in [0.5, 0.6) is 0 Å². The van der Waals surface area contributed by atoms with E-state index in [0.717, 1.165) is 68.6 Å². The van der Waals surface area contributed by atoms with Gasteiger partial charge in [-0.15, -0.1) is 0 Å². The Morgan fingerprint density at radius 1 is 0.662 bits per heavy atom. The molecule has 0 spiro atoms. The Balaban J connectivity index is 1.86. The maximum absolute atomic E-state index is 12.9. The van der Waals surface area contributed by atoms with Gasteiger partial charge in [-0.3, -0.25) is 23.2 Å². The van der Waals surface area contributed by atoms with Crippen LogP contribution >= 0.6 is 15.6 Å². The van der Waals surface area contributed by atoms with Crippen LogP contribution in [0.4, 0.5) is 5.82 Å². The summed E-state index contributed by atoms with van der Waals surface area (Å²) in [6.45, 7) is 1.87. The summed E-state index contributed by atoms with van der Waals surface area (Å²) in [6, 6.07) is 1.24. The van der Waals surface area contributed by atoms with Gasteiger partial charge in [0.25, 0.3) is 0 Å². The highest BCUT2D eigenvalue weighted by molar-refractivity contribution is 7.61. The molecule has 1 aliphatic heterocycles. The van der Waals surface area contributed by atoms with Crippen molar-refractivity contribution in [1.29, 1.82) is 0 Å². The SMILES string of the molecule is CC/C=C\C/C=C\C/C=C\C/C=C\C/C=C\C/C=C\CCC(=O)OC[C@H](COP(=O)(O)OP(=O)(O)OC[C@H]1O[C@@H](n2ccc(N)nc2=O)C(O)[C@H]1O)OC(=O)CCC/C=C\C/C=C\C/C=C\C/C=C\CCCCC. The predicted molar refractivity (Wildman–Crippen MR) is 288 cm³/mol. The van der Waals surface area contributed by atoms with E-state index >= 15 is 0 Å². The van der Waals surface area contributed by atoms with Crippen molar-refractivity contribution in [2.24, 2.45) is 0 Å². The molecule has 2 rings (SSSR count). The Kier molecular flexibility index (Phi) is 35.7. The van der Waals surface area contributed by atoms with E-state index in [2.05, 4.69) is 114 Å². The van der Waals surface area contributed by atoms with Gasteiger partial charge in [-0.1, -0.05) is 148 Å².